The lowest BCUT2D eigenvalue weighted by molar-refractivity contribution is -0.131. The summed E-state index contributed by atoms with van der Waals surface area (Å²) in [4.78, 5) is 46.4. The van der Waals surface area contributed by atoms with Crippen LogP contribution in [0.4, 0.5) is 0 Å². The van der Waals surface area contributed by atoms with E-state index >= 15 is 0 Å². The average molecular weight is 559 g/mol. The second-order valence-corrected chi connectivity index (χ2v) is 11.5. The minimum absolute atomic E-state index is 0.00943. The maximum atomic E-state index is 13.6. The molecule has 218 valence electrons. The highest BCUT2D eigenvalue weighted by Gasteiger charge is 2.27. The standard InChI is InChI=1S/C32H42N6O3/c1-21(2)18-27-32(41)33-24(5)31-35-30(25-10-7-6-8-11-25)36-38(31)17-16-37(15-9-12-28(39)34-27)29(40)20-26-19-22(3)13-14-23(26)4/h6-8,10-11,13-14,19,21,24,27H,9,12,15-18,20H2,1-5H3,(H,33,41)(H,34,39)/t24-,27-/m1/s1. The van der Waals surface area contributed by atoms with E-state index in [1.54, 1.807) is 4.68 Å². The van der Waals surface area contributed by atoms with Gasteiger partial charge in [-0.05, 0) is 50.7 Å². The van der Waals surface area contributed by atoms with Crippen LogP contribution in [0.15, 0.2) is 48.5 Å². The smallest absolute Gasteiger partial charge is 0.243 e. The van der Waals surface area contributed by atoms with E-state index in [1.165, 1.54) is 0 Å². The highest BCUT2D eigenvalue weighted by molar-refractivity contribution is 5.88. The molecule has 0 saturated heterocycles. The molecule has 9 nitrogen and oxygen atoms in total. The number of benzene rings is 2. The Morgan fingerprint density at radius 2 is 1.78 bits per heavy atom. The van der Waals surface area contributed by atoms with Crippen molar-refractivity contribution in [2.75, 3.05) is 13.1 Å². The van der Waals surface area contributed by atoms with Crippen molar-refractivity contribution in [3.63, 3.8) is 0 Å². The van der Waals surface area contributed by atoms with Gasteiger partial charge in [-0.3, -0.25) is 14.4 Å². The molecule has 0 fully saturated rings. The normalized spacial score (nSPS) is 18.8. The summed E-state index contributed by atoms with van der Waals surface area (Å²) in [6.07, 6.45) is 1.54. The predicted molar refractivity (Wildman–Crippen MR) is 159 cm³/mol. The van der Waals surface area contributed by atoms with Gasteiger partial charge in [0, 0.05) is 25.1 Å². The minimum Gasteiger partial charge on any atom is -0.345 e. The van der Waals surface area contributed by atoms with Crippen LogP contribution in [0.3, 0.4) is 0 Å². The van der Waals surface area contributed by atoms with Gasteiger partial charge in [0.05, 0.1) is 19.0 Å². The van der Waals surface area contributed by atoms with Crippen molar-refractivity contribution < 1.29 is 14.4 Å². The van der Waals surface area contributed by atoms with E-state index in [1.807, 2.05) is 82.0 Å². The van der Waals surface area contributed by atoms with Gasteiger partial charge in [0.2, 0.25) is 17.7 Å². The number of fused-ring (bicyclic) bond motifs is 1. The Morgan fingerprint density at radius 1 is 1.02 bits per heavy atom. The molecule has 2 N–H and O–H groups in total. The van der Waals surface area contributed by atoms with Crippen molar-refractivity contribution in [3.8, 4) is 11.4 Å². The molecule has 0 radical (unpaired) electrons. The van der Waals surface area contributed by atoms with Gasteiger partial charge in [-0.15, -0.1) is 0 Å². The van der Waals surface area contributed by atoms with Crippen LogP contribution < -0.4 is 10.6 Å². The van der Waals surface area contributed by atoms with Crippen LogP contribution in [0.25, 0.3) is 11.4 Å². The Balaban J connectivity index is 1.65. The number of hydrogen-bond donors (Lipinski definition) is 2. The van der Waals surface area contributed by atoms with Crippen LogP contribution in [-0.4, -0.2) is 56.5 Å². The maximum absolute atomic E-state index is 13.6. The summed E-state index contributed by atoms with van der Waals surface area (Å²) in [6, 6.07) is 14.7. The molecule has 2 atom stereocenters. The Bertz CT molecular complexity index is 1370. The molecular formula is C32H42N6O3. The second kappa shape index (κ2) is 13.6. The lowest BCUT2D eigenvalue weighted by atomic mass is 10.0. The molecule has 2 aromatic carbocycles. The van der Waals surface area contributed by atoms with Crippen molar-refractivity contribution in [1.82, 2.24) is 30.3 Å². The van der Waals surface area contributed by atoms with Gasteiger partial charge >= 0.3 is 0 Å². The Hall–Kier alpha value is -4.01. The predicted octanol–water partition coefficient (Wildman–Crippen LogP) is 4.14. The Kier molecular flexibility index (Phi) is 9.91. The zero-order valence-electron chi connectivity index (χ0n) is 24.8. The summed E-state index contributed by atoms with van der Waals surface area (Å²) in [5.41, 5.74) is 4.07. The molecule has 0 saturated carbocycles. The van der Waals surface area contributed by atoms with Gasteiger partial charge in [-0.25, -0.2) is 9.67 Å². The molecule has 4 rings (SSSR count). The lowest BCUT2D eigenvalue weighted by Crippen LogP contribution is -2.48. The van der Waals surface area contributed by atoms with Crippen LogP contribution in [-0.2, 0) is 27.3 Å². The number of carbonyl (C=O) groups is 3. The fourth-order valence-electron chi connectivity index (χ4n) is 5.17. The molecule has 1 aliphatic heterocycles. The number of carbonyl (C=O) groups excluding carboxylic acids is 3. The number of rotatable bonds is 5. The summed E-state index contributed by atoms with van der Waals surface area (Å²) < 4.78 is 1.80. The first-order chi connectivity index (χ1) is 19.6. The number of nitrogens with zero attached hydrogens (tertiary/aromatic N) is 4. The van der Waals surface area contributed by atoms with Gasteiger partial charge in [0.15, 0.2) is 5.82 Å². The van der Waals surface area contributed by atoms with Gasteiger partial charge in [-0.2, -0.15) is 5.10 Å². The summed E-state index contributed by atoms with van der Waals surface area (Å²) >= 11 is 0. The quantitative estimate of drug-likeness (QED) is 0.489. The number of hydrogen-bond acceptors (Lipinski definition) is 5. The number of nitrogens with one attached hydrogen (secondary N) is 2. The second-order valence-electron chi connectivity index (χ2n) is 11.5. The van der Waals surface area contributed by atoms with Crippen molar-refractivity contribution in [2.45, 2.75) is 78.9 Å². The van der Waals surface area contributed by atoms with Crippen LogP contribution in [0.5, 0.6) is 0 Å². The van der Waals surface area contributed by atoms with Gasteiger partial charge in [0.1, 0.15) is 11.9 Å². The van der Waals surface area contributed by atoms with E-state index in [9.17, 15) is 14.4 Å². The number of aryl methyl sites for hydroxylation is 2. The molecule has 0 unspecified atom stereocenters. The largest absolute Gasteiger partial charge is 0.345 e. The van der Waals surface area contributed by atoms with E-state index in [0.29, 0.717) is 50.5 Å². The van der Waals surface area contributed by atoms with Crippen molar-refractivity contribution in [2.24, 2.45) is 5.92 Å². The van der Waals surface area contributed by atoms with Crippen LogP contribution >= 0.6 is 0 Å². The SMILES string of the molecule is Cc1ccc(C)c(CC(=O)N2CCCC(=O)N[C@H](CC(C)C)C(=O)N[C@H](C)c3nc(-c4ccccc4)nn3CC2)c1. The molecule has 0 bridgehead atoms. The van der Waals surface area contributed by atoms with E-state index < -0.39 is 12.1 Å². The highest BCUT2D eigenvalue weighted by atomic mass is 16.2. The van der Waals surface area contributed by atoms with E-state index in [-0.39, 0.29) is 30.1 Å². The monoisotopic (exact) mass is 558 g/mol. The number of amides is 3. The zero-order valence-corrected chi connectivity index (χ0v) is 24.8. The summed E-state index contributed by atoms with van der Waals surface area (Å²) in [5, 5.41) is 10.8. The highest BCUT2D eigenvalue weighted by Crippen LogP contribution is 2.20. The molecule has 0 spiro atoms. The van der Waals surface area contributed by atoms with Gasteiger partial charge in [-0.1, -0.05) is 67.9 Å². The Morgan fingerprint density at radius 3 is 2.51 bits per heavy atom. The lowest BCUT2D eigenvalue weighted by Gasteiger charge is -2.26. The molecule has 3 amide bonds. The molecular weight excluding hydrogens is 516 g/mol. The first-order valence-corrected chi connectivity index (χ1v) is 14.5. The van der Waals surface area contributed by atoms with E-state index in [0.717, 1.165) is 22.3 Å². The van der Waals surface area contributed by atoms with Gasteiger partial charge < -0.3 is 15.5 Å². The summed E-state index contributed by atoms with van der Waals surface area (Å²) in [7, 11) is 0. The number of aromatic nitrogens is 3. The van der Waals surface area contributed by atoms with E-state index in [4.69, 9.17) is 10.1 Å². The fraction of sp³-hybridized carbons (Fsp3) is 0.469. The van der Waals surface area contributed by atoms with Crippen molar-refractivity contribution in [1.29, 1.82) is 0 Å². The molecule has 0 aliphatic carbocycles. The van der Waals surface area contributed by atoms with Crippen LogP contribution in [0.2, 0.25) is 0 Å². The summed E-state index contributed by atoms with van der Waals surface area (Å²) in [5.74, 6) is 0.962. The molecule has 1 aliphatic rings. The maximum Gasteiger partial charge on any atom is 0.243 e. The fourth-order valence-corrected chi connectivity index (χ4v) is 5.17. The first kappa shape index (κ1) is 30.0. The van der Waals surface area contributed by atoms with Crippen molar-refractivity contribution >= 4 is 17.7 Å². The van der Waals surface area contributed by atoms with Crippen molar-refractivity contribution in [3.05, 3.63) is 71.0 Å². The average Bonchev–Trinajstić information content (AvgIpc) is 3.36. The third-order valence-corrected chi connectivity index (χ3v) is 7.45. The van der Waals surface area contributed by atoms with E-state index in [2.05, 4.69) is 16.7 Å². The molecule has 1 aromatic heterocycles. The molecule has 41 heavy (non-hydrogen) atoms. The first-order valence-electron chi connectivity index (χ1n) is 14.5. The van der Waals surface area contributed by atoms with Crippen LogP contribution in [0, 0.1) is 19.8 Å². The topological polar surface area (TPSA) is 109 Å². The minimum atomic E-state index is -0.653. The van der Waals surface area contributed by atoms with Gasteiger partial charge in [0.25, 0.3) is 0 Å². The third kappa shape index (κ3) is 8.02. The molecule has 3 aromatic rings. The molecule has 2 heterocycles. The molecule has 9 heteroatoms. The third-order valence-electron chi connectivity index (χ3n) is 7.45. The zero-order chi connectivity index (χ0) is 29.5. The van der Waals surface area contributed by atoms with Crippen LogP contribution in [0.1, 0.15) is 68.6 Å². The summed E-state index contributed by atoms with van der Waals surface area (Å²) in [6.45, 7) is 11.2. The Labute approximate surface area is 242 Å².